The van der Waals surface area contributed by atoms with E-state index in [2.05, 4.69) is 0 Å². The summed E-state index contributed by atoms with van der Waals surface area (Å²) in [5.74, 6) is -1.54. The Balaban J connectivity index is 2.45. The van der Waals surface area contributed by atoms with Gasteiger partial charge in [0.05, 0.1) is 17.2 Å². The molecule has 10 heteroatoms. The molecule has 0 aliphatic carbocycles. The molecule has 1 N–H and O–H groups in total. The highest BCUT2D eigenvalue weighted by Crippen LogP contribution is 2.29. The van der Waals surface area contributed by atoms with Crippen LogP contribution in [0.5, 0.6) is 0 Å². The molecule has 170 valence electrons. The van der Waals surface area contributed by atoms with Crippen LogP contribution >= 0.6 is 0 Å². The number of ether oxygens (including phenoxy) is 1. The van der Waals surface area contributed by atoms with Crippen LogP contribution < -0.4 is 0 Å². The minimum Gasteiger partial charge on any atom is -0.356 e. The van der Waals surface area contributed by atoms with E-state index in [-0.39, 0.29) is 36.1 Å². The Bertz CT molecular complexity index is 988. The monoisotopic (exact) mass is 445 g/mol. The van der Waals surface area contributed by atoms with Crippen LogP contribution in [-0.4, -0.2) is 46.2 Å². The Morgan fingerprint density at radius 2 is 1.78 bits per heavy atom. The largest absolute Gasteiger partial charge is 0.356 e. The lowest BCUT2D eigenvalue weighted by Crippen LogP contribution is -2.32. The van der Waals surface area contributed by atoms with E-state index in [0.717, 1.165) is 11.9 Å². The number of nitro benzene ring substituents is 1. The van der Waals surface area contributed by atoms with Gasteiger partial charge in [0.1, 0.15) is 12.5 Å². The summed E-state index contributed by atoms with van der Waals surface area (Å²) in [5, 5.41) is 21.2. The molecule has 0 atom stereocenters. The van der Waals surface area contributed by atoms with E-state index >= 15 is 0 Å². The number of halogens is 1. The van der Waals surface area contributed by atoms with Crippen LogP contribution in [0.4, 0.5) is 10.1 Å². The number of carbonyl (C=O) groups excluding carboxylic acids is 2. The van der Waals surface area contributed by atoms with Gasteiger partial charge in [0.2, 0.25) is 6.41 Å². The maximum atomic E-state index is 13.1. The average Bonchev–Trinajstić information content (AvgIpc) is 2.76. The van der Waals surface area contributed by atoms with Gasteiger partial charge in [-0.05, 0) is 41.3 Å². The quantitative estimate of drug-likeness (QED) is 0.149. The molecule has 2 aromatic rings. The first-order valence-corrected chi connectivity index (χ1v) is 9.65. The topological polar surface area (TPSA) is 113 Å². The molecule has 2 rings (SSSR count). The van der Waals surface area contributed by atoms with Crippen molar-refractivity contribution in [3.63, 3.8) is 0 Å². The number of amides is 2. The summed E-state index contributed by atoms with van der Waals surface area (Å²) in [6.45, 7) is 3.24. The van der Waals surface area contributed by atoms with Gasteiger partial charge in [-0.1, -0.05) is 26.0 Å². The molecule has 2 aromatic carbocycles. The molecule has 0 saturated carbocycles. The van der Waals surface area contributed by atoms with E-state index < -0.39 is 16.7 Å². The summed E-state index contributed by atoms with van der Waals surface area (Å²) in [6, 6.07) is 11.0. The van der Waals surface area contributed by atoms with Crippen molar-refractivity contribution in [2.75, 3.05) is 13.8 Å². The normalized spacial score (nSPS) is 11.7. The van der Waals surface area contributed by atoms with Gasteiger partial charge in [-0.3, -0.25) is 29.8 Å². The van der Waals surface area contributed by atoms with Crippen LogP contribution in [0.3, 0.4) is 0 Å². The summed E-state index contributed by atoms with van der Waals surface area (Å²) in [4.78, 5) is 36.3. The van der Waals surface area contributed by atoms with Crippen molar-refractivity contribution in [2.24, 2.45) is 5.92 Å². The molecule has 32 heavy (non-hydrogen) atoms. The van der Waals surface area contributed by atoms with Gasteiger partial charge in [0, 0.05) is 24.8 Å². The van der Waals surface area contributed by atoms with Crippen molar-refractivity contribution < 1.29 is 28.8 Å². The van der Waals surface area contributed by atoms with Crippen LogP contribution in [0.15, 0.2) is 54.1 Å². The van der Waals surface area contributed by atoms with Crippen molar-refractivity contribution in [1.29, 1.82) is 0 Å². The molecule has 9 nitrogen and oxygen atoms in total. The van der Waals surface area contributed by atoms with Crippen LogP contribution in [0.2, 0.25) is 0 Å². The number of likely N-dealkylation sites (N-methyl/N-ethyl adjacent to an activating group) is 1. The molecule has 0 heterocycles. The zero-order valence-electron chi connectivity index (χ0n) is 17.9. The fourth-order valence-electron chi connectivity index (χ4n) is 3.00. The molecule has 2 amide bonds. The zero-order chi connectivity index (χ0) is 23.8. The third kappa shape index (κ3) is 6.19. The molecular weight excluding hydrogens is 421 g/mol. The molecule has 0 saturated heterocycles. The van der Waals surface area contributed by atoms with E-state index in [0.29, 0.717) is 22.6 Å². The Labute approximate surface area is 184 Å². The van der Waals surface area contributed by atoms with Crippen LogP contribution in [0.1, 0.15) is 25.0 Å². The smallest absolute Gasteiger partial charge is 0.275 e. The third-order valence-electron chi connectivity index (χ3n) is 4.54. The van der Waals surface area contributed by atoms with E-state index in [4.69, 9.17) is 4.74 Å². The summed E-state index contributed by atoms with van der Waals surface area (Å²) >= 11 is 0. The number of rotatable bonds is 10. The first-order chi connectivity index (χ1) is 15.1. The van der Waals surface area contributed by atoms with Gasteiger partial charge in [-0.25, -0.2) is 9.45 Å². The van der Waals surface area contributed by atoms with Crippen LogP contribution in [-0.2, 0) is 20.9 Å². The number of hydrogen-bond acceptors (Lipinski definition) is 6. The summed E-state index contributed by atoms with van der Waals surface area (Å²) < 4.78 is 18.7. The van der Waals surface area contributed by atoms with Crippen molar-refractivity contribution >= 4 is 23.7 Å². The molecule has 0 unspecified atom stereocenters. The Morgan fingerprint density at radius 3 is 2.25 bits per heavy atom. The number of nitrogens with zero attached hydrogens (tertiary/aromatic N) is 3. The predicted molar refractivity (Wildman–Crippen MR) is 113 cm³/mol. The molecule has 0 aliphatic rings. The molecule has 0 bridgehead atoms. The van der Waals surface area contributed by atoms with Crippen molar-refractivity contribution in [3.05, 3.63) is 81.2 Å². The van der Waals surface area contributed by atoms with Crippen molar-refractivity contribution in [2.45, 2.75) is 20.5 Å². The highest BCUT2D eigenvalue weighted by Gasteiger charge is 2.26. The second kappa shape index (κ2) is 11.1. The van der Waals surface area contributed by atoms with Gasteiger partial charge in [-0.2, -0.15) is 0 Å². The first-order valence-electron chi connectivity index (χ1n) is 9.65. The fourth-order valence-corrected chi connectivity index (χ4v) is 3.00. The molecule has 0 aliphatic heterocycles. The number of non-ortho nitro benzene ring substituents is 1. The Morgan fingerprint density at radius 1 is 1.19 bits per heavy atom. The Hall–Kier alpha value is -3.63. The average molecular weight is 445 g/mol. The second-order valence-electron chi connectivity index (χ2n) is 7.23. The first kappa shape index (κ1) is 24.6. The van der Waals surface area contributed by atoms with Crippen LogP contribution in [0.25, 0.3) is 5.70 Å². The van der Waals surface area contributed by atoms with Crippen molar-refractivity contribution in [3.8, 4) is 0 Å². The van der Waals surface area contributed by atoms with E-state index in [1.54, 1.807) is 13.8 Å². The van der Waals surface area contributed by atoms with Crippen molar-refractivity contribution in [1.82, 2.24) is 9.96 Å². The lowest BCUT2D eigenvalue weighted by atomic mass is 9.95. The Kier molecular flexibility index (Phi) is 8.56. The second-order valence-corrected chi connectivity index (χ2v) is 7.23. The number of hydroxylamine groups is 2. The van der Waals surface area contributed by atoms with Crippen LogP contribution in [0, 0.1) is 21.8 Å². The van der Waals surface area contributed by atoms with E-state index in [9.17, 15) is 29.3 Å². The number of nitro groups is 1. The highest BCUT2D eigenvalue weighted by molar-refractivity contribution is 6.01. The molecule has 0 fully saturated rings. The zero-order valence-corrected chi connectivity index (χ0v) is 17.9. The minimum atomic E-state index is -0.737. The maximum absolute atomic E-state index is 13.1. The maximum Gasteiger partial charge on any atom is 0.275 e. The lowest BCUT2D eigenvalue weighted by molar-refractivity contribution is -0.384. The van der Waals surface area contributed by atoms with Gasteiger partial charge < -0.3 is 4.74 Å². The molecule has 0 spiro atoms. The molecule has 0 aromatic heterocycles. The lowest BCUT2D eigenvalue weighted by Gasteiger charge is -2.27. The predicted octanol–water partition coefficient (Wildman–Crippen LogP) is 3.58. The summed E-state index contributed by atoms with van der Waals surface area (Å²) in [7, 11) is 1.16. The number of benzene rings is 2. The van der Waals surface area contributed by atoms with Gasteiger partial charge in [0.15, 0.2) is 0 Å². The van der Waals surface area contributed by atoms with Gasteiger partial charge in [0.25, 0.3) is 11.6 Å². The van der Waals surface area contributed by atoms with E-state index in [1.807, 2.05) is 0 Å². The SMILES string of the molecule is CC(C)/C(C(=O)N(C)O)=C(\c1ccc([N+](=O)[O-])cc1)N(C=O)COCc1ccc(F)cc1. The third-order valence-corrected chi connectivity index (χ3v) is 4.54. The standard InChI is InChI=1S/C22H24FN3O6/c1-15(2)20(22(28)24(3)29)21(17-6-10-19(11-7-17)26(30)31)25(13-27)14-32-12-16-4-8-18(23)9-5-16/h4-11,13,15,29H,12,14H2,1-3H3/b21-20-. The molecule has 0 radical (unpaired) electrons. The fraction of sp³-hybridized carbons (Fsp3) is 0.273. The minimum absolute atomic E-state index is 0.0724. The molecular formula is C22H24FN3O6. The highest BCUT2D eigenvalue weighted by atomic mass is 19.1. The number of carbonyl (C=O) groups is 2. The van der Waals surface area contributed by atoms with Gasteiger partial charge in [-0.15, -0.1) is 0 Å². The summed E-state index contributed by atoms with van der Waals surface area (Å²) in [6.07, 6.45) is 0.467. The van der Waals surface area contributed by atoms with Gasteiger partial charge >= 0.3 is 0 Å². The number of hydrogen-bond donors (Lipinski definition) is 1. The van der Waals surface area contributed by atoms with E-state index in [1.165, 1.54) is 48.5 Å². The summed E-state index contributed by atoms with van der Waals surface area (Å²) in [5.41, 5.74) is 1.13.